The van der Waals surface area contributed by atoms with Crippen molar-refractivity contribution in [2.75, 3.05) is 26.4 Å². The number of rotatable bonds is 26. The molecule has 292 valence electrons. The summed E-state index contributed by atoms with van der Waals surface area (Å²) in [7, 11) is 0. The Labute approximate surface area is 328 Å². The van der Waals surface area contributed by atoms with Crippen LogP contribution in [0.3, 0.4) is 0 Å². The summed E-state index contributed by atoms with van der Waals surface area (Å²) in [6, 6.07) is 29.6. The molecule has 4 aromatic carbocycles. The number of unbranched alkanes of at least 4 members (excludes halogenated alkanes) is 10. The minimum Gasteiger partial charge on any atom is -0.494 e. The van der Waals surface area contributed by atoms with Gasteiger partial charge in [0.1, 0.15) is 11.5 Å². The van der Waals surface area contributed by atoms with Crippen LogP contribution in [-0.2, 0) is 9.47 Å². The molecule has 0 spiro atoms. The molecule has 0 fully saturated rings. The van der Waals surface area contributed by atoms with Crippen molar-refractivity contribution in [1.29, 1.82) is 0 Å². The molecule has 0 heterocycles. The average Bonchev–Trinajstić information content (AvgIpc) is 3.22. The Morgan fingerprint density at radius 2 is 0.800 bits per heavy atom. The third kappa shape index (κ3) is 17.2. The zero-order chi connectivity index (χ0) is 38.8. The lowest BCUT2D eigenvalue weighted by Gasteiger charge is -2.07. The van der Waals surface area contributed by atoms with Crippen molar-refractivity contribution >= 4 is 35.7 Å². The molecule has 0 aliphatic carbocycles. The Kier molecular flexibility index (Phi) is 19.9. The first-order chi connectivity index (χ1) is 27.0. The van der Waals surface area contributed by atoms with E-state index < -0.39 is 11.9 Å². The van der Waals surface area contributed by atoms with E-state index in [9.17, 15) is 9.59 Å². The predicted molar refractivity (Wildman–Crippen MR) is 223 cm³/mol. The molecule has 8 heteroatoms. The second-order valence-electron chi connectivity index (χ2n) is 13.6. The smallest absolute Gasteiger partial charge is 0.338 e. The van der Waals surface area contributed by atoms with Gasteiger partial charge in [-0.3, -0.25) is 9.98 Å². The fraction of sp³-hybridized carbons (Fsp3) is 0.404. The van der Waals surface area contributed by atoms with E-state index >= 15 is 0 Å². The number of ether oxygens (including phenoxy) is 4. The van der Waals surface area contributed by atoms with Gasteiger partial charge in [-0.05, 0) is 121 Å². The number of carbonyl (C=O) groups excluding carboxylic acids is 2. The number of esters is 2. The van der Waals surface area contributed by atoms with Crippen molar-refractivity contribution in [3.8, 4) is 11.5 Å². The van der Waals surface area contributed by atoms with E-state index in [-0.39, 0.29) is 13.2 Å². The van der Waals surface area contributed by atoms with Gasteiger partial charge in [-0.1, -0.05) is 78.1 Å². The third-order valence-corrected chi connectivity index (χ3v) is 8.98. The normalized spacial score (nSPS) is 11.2. The van der Waals surface area contributed by atoms with Crippen LogP contribution in [0.5, 0.6) is 11.5 Å². The van der Waals surface area contributed by atoms with Gasteiger partial charge in [0.2, 0.25) is 0 Å². The van der Waals surface area contributed by atoms with Gasteiger partial charge in [-0.2, -0.15) is 0 Å². The molecular weight excluding hydrogens is 689 g/mol. The van der Waals surface area contributed by atoms with Gasteiger partial charge >= 0.3 is 11.9 Å². The van der Waals surface area contributed by atoms with E-state index in [0.29, 0.717) is 17.5 Å². The van der Waals surface area contributed by atoms with Crippen LogP contribution in [-0.4, -0.2) is 50.8 Å². The van der Waals surface area contributed by atoms with Gasteiger partial charge in [-0.25, -0.2) is 9.59 Å². The lowest BCUT2D eigenvalue weighted by Crippen LogP contribution is -2.11. The average molecular weight is 747 g/mol. The lowest BCUT2D eigenvalue weighted by atomic mass is 10.1. The first-order valence-corrected chi connectivity index (χ1v) is 20.1. The van der Waals surface area contributed by atoms with E-state index in [4.69, 9.17) is 18.9 Å². The summed E-state index contributed by atoms with van der Waals surface area (Å²) < 4.78 is 22.5. The molecule has 0 bridgehead atoms. The van der Waals surface area contributed by atoms with Crippen molar-refractivity contribution in [2.45, 2.75) is 97.3 Å². The molecular formula is C47H58N2O6. The first-order valence-electron chi connectivity index (χ1n) is 20.1. The molecule has 0 aromatic heterocycles. The number of hydrogen-bond donors (Lipinski definition) is 0. The molecule has 0 saturated heterocycles. The standard InChI is InChI=1S/C47H58N2O6/c1-3-5-7-9-11-13-32-52-44-28-16-38(17-29-44)36-48-42-24-20-40(21-25-42)46(50)54-34-15-35-55-47(51)41-22-26-43(27-23-41)49-37-39-18-30-45(31-19-39)53-33-14-12-10-8-6-4-2/h16-31,36-37H,3-15,32-35H2,1-2H3. The van der Waals surface area contributed by atoms with Crippen LogP contribution in [0, 0.1) is 0 Å². The largest absolute Gasteiger partial charge is 0.494 e. The maximum Gasteiger partial charge on any atom is 0.338 e. The fourth-order valence-corrected chi connectivity index (χ4v) is 5.67. The molecule has 4 aromatic rings. The van der Waals surface area contributed by atoms with Crippen LogP contribution >= 0.6 is 0 Å². The number of benzene rings is 4. The van der Waals surface area contributed by atoms with E-state index in [1.807, 2.05) is 48.5 Å². The third-order valence-electron chi connectivity index (χ3n) is 8.98. The topological polar surface area (TPSA) is 95.8 Å². The summed E-state index contributed by atoms with van der Waals surface area (Å²) in [5, 5.41) is 0. The Hall–Kier alpha value is -5.24. The molecule has 0 aliphatic rings. The number of hydrogen-bond acceptors (Lipinski definition) is 8. The highest BCUT2D eigenvalue weighted by Gasteiger charge is 2.09. The Morgan fingerprint density at radius 1 is 0.436 bits per heavy atom. The molecule has 8 nitrogen and oxygen atoms in total. The van der Waals surface area contributed by atoms with E-state index in [0.717, 1.165) is 60.1 Å². The van der Waals surface area contributed by atoms with E-state index in [1.165, 1.54) is 64.2 Å². The molecule has 0 unspecified atom stereocenters. The summed E-state index contributed by atoms with van der Waals surface area (Å²) in [5.74, 6) is 0.840. The number of carbonyl (C=O) groups is 2. The summed E-state index contributed by atoms with van der Waals surface area (Å²) in [6.07, 6.45) is 18.8. The van der Waals surface area contributed by atoms with Gasteiger partial charge < -0.3 is 18.9 Å². The SMILES string of the molecule is CCCCCCCCOc1ccc(C=Nc2ccc(C(=O)OCCCOC(=O)c3ccc(N=Cc4ccc(OCCCCCCCC)cc4)cc3)cc2)cc1. The van der Waals surface area contributed by atoms with Crippen LogP contribution in [0.2, 0.25) is 0 Å². The van der Waals surface area contributed by atoms with Crippen molar-refractivity contribution in [1.82, 2.24) is 0 Å². The first kappa shape index (κ1) is 42.5. The molecule has 0 atom stereocenters. The van der Waals surface area contributed by atoms with Crippen molar-refractivity contribution in [3.63, 3.8) is 0 Å². The molecule has 0 radical (unpaired) electrons. The van der Waals surface area contributed by atoms with Crippen molar-refractivity contribution in [3.05, 3.63) is 119 Å². The van der Waals surface area contributed by atoms with Gasteiger partial charge in [0.15, 0.2) is 0 Å². The summed E-state index contributed by atoms with van der Waals surface area (Å²) >= 11 is 0. The maximum atomic E-state index is 12.5. The van der Waals surface area contributed by atoms with E-state index in [2.05, 4.69) is 23.8 Å². The summed E-state index contributed by atoms with van der Waals surface area (Å²) in [5.41, 5.74) is 4.22. The highest BCUT2D eigenvalue weighted by Crippen LogP contribution is 2.18. The van der Waals surface area contributed by atoms with Crippen LogP contribution in [0.1, 0.15) is 129 Å². The fourth-order valence-electron chi connectivity index (χ4n) is 5.67. The summed E-state index contributed by atoms with van der Waals surface area (Å²) in [4.78, 5) is 34.1. The molecule has 55 heavy (non-hydrogen) atoms. The van der Waals surface area contributed by atoms with Crippen LogP contribution in [0.15, 0.2) is 107 Å². The highest BCUT2D eigenvalue weighted by atomic mass is 16.5. The van der Waals surface area contributed by atoms with Crippen LogP contribution in [0.25, 0.3) is 0 Å². The number of nitrogens with zero attached hydrogens (tertiary/aromatic N) is 2. The second-order valence-corrected chi connectivity index (χ2v) is 13.6. The van der Waals surface area contributed by atoms with Crippen molar-refractivity contribution in [2.24, 2.45) is 9.98 Å². The van der Waals surface area contributed by atoms with Crippen molar-refractivity contribution < 1.29 is 28.5 Å². The lowest BCUT2D eigenvalue weighted by molar-refractivity contribution is 0.0396. The van der Waals surface area contributed by atoms with Gasteiger partial charge in [0, 0.05) is 18.9 Å². The monoisotopic (exact) mass is 746 g/mol. The minimum atomic E-state index is -0.442. The predicted octanol–water partition coefficient (Wildman–Crippen LogP) is 12.1. The molecule has 0 amide bonds. The van der Waals surface area contributed by atoms with Gasteiger partial charge in [-0.15, -0.1) is 0 Å². The molecule has 4 rings (SSSR count). The zero-order valence-corrected chi connectivity index (χ0v) is 32.8. The minimum absolute atomic E-state index is 0.130. The highest BCUT2D eigenvalue weighted by molar-refractivity contribution is 5.91. The second kappa shape index (κ2) is 25.7. The molecule has 0 N–H and O–H groups in total. The number of aliphatic imine (C=N–C) groups is 2. The van der Waals surface area contributed by atoms with Crippen LogP contribution in [0.4, 0.5) is 11.4 Å². The Bertz CT molecular complexity index is 1590. The van der Waals surface area contributed by atoms with Gasteiger partial charge in [0.05, 0.1) is 48.9 Å². The maximum absolute atomic E-state index is 12.5. The Morgan fingerprint density at radius 3 is 1.18 bits per heavy atom. The quantitative estimate of drug-likeness (QED) is 0.0361. The molecule has 0 saturated carbocycles. The summed E-state index contributed by atoms with van der Waals surface area (Å²) in [6.45, 7) is 6.19. The van der Waals surface area contributed by atoms with E-state index in [1.54, 1.807) is 61.0 Å². The van der Waals surface area contributed by atoms with Gasteiger partial charge in [0.25, 0.3) is 0 Å². The molecule has 0 aliphatic heterocycles. The zero-order valence-electron chi connectivity index (χ0n) is 32.8. The van der Waals surface area contributed by atoms with Crippen LogP contribution < -0.4 is 9.47 Å². The Balaban J connectivity index is 1.08.